The van der Waals surface area contributed by atoms with Gasteiger partial charge in [0.2, 0.25) is 0 Å². The number of carbonyl (C=O) groups excluding carboxylic acids is 2. The molecule has 2 rings (SSSR count). The first kappa shape index (κ1) is 18.9. The van der Waals surface area contributed by atoms with Gasteiger partial charge in [0, 0.05) is 10.8 Å². The van der Waals surface area contributed by atoms with Gasteiger partial charge in [-0.15, -0.1) is 11.3 Å². The van der Waals surface area contributed by atoms with Gasteiger partial charge in [0.05, 0.1) is 18.7 Å². The molecule has 0 bridgehead atoms. The number of nitrogens with one attached hydrogen (secondary N) is 1. The van der Waals surface area contributed by atoms with Gasteiger partial charge in [-0.1, -0.05) is 20.8 Å². The third-order valence-electron chi connectivity index (χ3n) is 4.21. The Balaban J connectivity index is 2.15. The number of nitrogens with two attached hydrogens (primary N) is 1. The average Bonchev–Trinajstić information content (AvgIpc) is 2.83. The molecule has 134 valence electrons. The highest BCUT2D eigenvalue weighted by Crippen LogP contribution is 2.40. The summed E-state index contributed by atoms with van der Waals surface area (Å²) in [6.45, 7) is 9.92. The molecule has 0 aromatic carbocycles. The highest BCUT2D eigenvalue weighted by atomic mass is 32.1. The molecule has 0 spiro atoms. The van der Waals surface area contributed by atoms with Gasteiger partial charge in [-0.3, -0.25) is 4.79 Å². The maximum Gasteiger partial charge on any atom is 0.341 e. The minimum absolute atomic E-state index is 0.0622. The summed E-state index contributed by atoms with van der Waals surface area (Å²) in [6, 6.07) is 0. The lowest BCUT2D eigenvalue weighted by molar-refractivity contribution is -0.648. The van der Waals surface area contributed by atoms with Crippen LogP contribution in [-0.2, 0) is 22.4 Å². The van der Waals surface area contributed by atoms with E-state index in [4.69, 9.17) is 4.74 Å². The molecule has 1 heterocycles. The van der Waals surface area contributed by atoms with Crippen molar-refractivity contribution in [2.24, 2.45) is 11.8 Å². The van der Waals surface area contributed by atoms with E-state index < -0.39 is 0 Å². The van der Waals surface area contributed by atoms with Crippen LogP contribution >= 0.6 is 11.3 Å². The quantitative estimate of drug-likeness (QED) is 0.738. The van der Waals surface area contributed by atoms with E-state index in [-0.39, 0.29) is 11.9 Å². The number of anilines is 1. The highest BCUT2D eigenvalue weighted by molar-refractivity contribution is 7.17. The van der Waals surface area contributed by atoms with Gasteiger partial charge in [0.25, 0.3) is 5.91 Å². The number of fused-ring (bicyclic) bond motifs is 1. The van der Waals surface area contributed by atoms with Crippen LogP contribution in [0.2, 0.25) is 0 Å². The van der Waals surface area contributed by atoms with Crippen LogP contribution in [0.4, 0.5) is 5.00 Å². The molecule has 0 fully saturated rings. The molecule has 0 saturated heterocycles. The summed E-state index contributed by atoms with van der Waals surface area (Å²) in [5, 5.41) is 5.61. The van der Waals surface area contributed by atoms with Crippen LogP contribution in [0.1, 0.15) is 54.9 Å². The van der Waals surface area contributed by atoms with E-state index in [0.29, 0.717) is 35.6 Å². The molecule has 1 aliphatic rings. The first-order chi connectivity index (χ1) is 11.4. The Labute approximate surface area is 148 Å². The number of quaternary nitrogens is 1. The second kappa shape index (κ2) is 8.62. The van der Waals surface area contributed by atoms with Crippen molar-refractivity contribution in [3.63, 3.8) is 0 Å². The summed E-state index contributed by atoms with van der Waals surface area (Å²) in [5.41, 5.74) is 1.67. The molecule has 6 heteroatoms. The Bertz CT molecular complexity index is 595. The number of amides is 1. The molecule has 1 atom stereocenters. The summed E-state index contributed by atoms with van der Waals surface area (Å²) in [4.78, 5) is 25.8. The fourth-order valence-corrected chi connectivity index (χ4v) is 4.40. The van der Waals surface area contributed by atoms with Crippen molar-refractivity contribution in [2.45, 2.75) is 47.0 Å². The molecule has 0 aliphatic heterocycles. The topological polar surface area (TPSA) is 72.0 Å². The van der Waals surface area contributed by atoms with E-state index >= 15 is 0 Å². The monoisotopic (exact) mass is 353 g/mol. The fourth-order valence-electron chi connectivity index (χ4n) is 2.98. The minimum atomic E-state index is -0.314. The molecule has 0 saturated carbocycles. The lowest BCUT2D eigenvalue weighted by Crippen LogP contribution is -2.87. The molecule has 1 aromatic rings. The first-order valence-electron chi connectivity index (χ1n) is 8.85. The Morgan fingerprint density at radius 1 is 1.42 bits per heavy atom. The molecular formula is C18H29N2O3S+. The molecule has 0 unspecified atom stereocenters. The van der Waals surface area contributed by atoms with Gasteiger partial charge in [-0.05, 0) is 37.7 Å². The Morgan fingerprint density at radius 3 is 2.83 bits per heavy atom. The first-order valence-corrected chi connectivity index (χ1v) is 9.67. The number of hydrogen-bond donors (Lipinski definition) is 2. The number of hydrogen-bond acceptors (Lipinski definition) is 4. The molecule has 1 aromatic heterocycles. The van der Waals surface area contributed by atoms with Crippen molar-refractivity contribution in [2.75, 3.05) is 25.0 Å². The minimum Gasteiger partial charge on any atom is -0.462 e. The van der Waals surface area contributed by atoms with Crippen LogP contribution in [-0.4, -0.2) is 31.6 Å². The van der Waals surface area contributed by atoms with Crippen LogP contribution < -0.4 is 10.6 Å². The second-order valence-electron chi connectivity index (χ2n) is 6.95. The van der Waals surface area contributed by atoms with Crippen molar-refractivity contribution >= 4 is 28.2 Å². The molecular weight excluding hydrogens is 324 g/mol. The molecule has 1 amide bonds. The van der Waals surface area contributed by atoms with E-state index in [1.165, 1.54) is 4.88 Å². The van der Waals surface area contributed by atoms with E-state index in [9.17, 15) is 9.59 Å². The van der Waals surface area contributed by atoms with E-state index in [2.05, 4.69) is 26.1 Å². The molecule has 5 nitrogen and oxygen atoms in total. The number of rotatable bonds is 7. The second-order valence-corrected chi connectivity index (χ2v) is 8.05. The van der Waals surface area contributed by atoms with E-state index in [1.54, 1.807) is 18.3 Å². The van der Waals surface area contributed by atoms with Crippen LogP contribution in [0.25, 0.3) is 0 Å². The third-order valence-corrected chi connectivity index (χ3v) is 5.38. The third kappa shape index (κ3) is 4.80. The van der Waals surface area contributed by atoms with Gasteiger partial charge in [0.15, 0.2) is 6.54 Å². The normalized spacial score (nSPS) is 16.8. The fraction of sp³-hybridized carbons (Fsp3) is 0.667. The van der Waals surface area contributed by atoms with Crippen LogP contribution in [0.5, 0.6) is 0 Å². The predicted octanol–water partition coefficient (Wildman–Crippen LogP) is 2.21. The van der Waals surface area contributed by atoms with Gasteiger partial charge >= 0.3 is 5.97 Å². The Morgan fingerprint density at radius 2 is 2.17 bits per heavy atom. The molecule has 3 N–H and O–H groups in total. The molecule has 0 radical (unpaired) electrons. The summed E-state index contributed by atoms with van der Waals surface area (Å²) in [6.07, 6.45) is 2.93. The number of thiophene rings is 1. The summed E-state index contributed by atoms with van der Waals surface area (Å²) in [5.74, 6) is 0.788. The van der Waals surface area contributed by atoms with Crippen molar-refractivity contribution in [3.8, 4) is 0 Å². The largest absolute Gasteiger partial charge is 0.462 e. The van der Waals surface area contributed by atoms with E-state index in [1.807, 2.05) is 5.32 Å². The SMILES string of the molecule is CCOC(=O)c1c(NC(=O)C[NH2+]CC(C)C)sc2c1CC[C@H](C)C2. The zero-order valence-corrected chi connectivity index (χ0v) is 15.9. The zero-order valence-electron chi connectivity index (χ0n) is 15.1. The lowest BCUT2D eigenvalue weighted by atomic mass is 9.88. The zero-order chi connectivity index (χ0) is 17.7. The maximum absolute atomic E-state index is 12.4. The molecule has 1 aliphatic carbocycles. The van der Waals surface area contributed by atoms with Crippen molar-refractivity contribution in [3.05, 3.63) is 16.0 Å². The number of ether oxygens (including phenoxy) is 1. The van der Waals surface area contributed by atoms with Gasteiger partial charge in [-0.2, -0.15) is 0 Å². The van der Waals surface area contributed by atoms with Crippen molar-refractivity contribution in [1.82, 2.24) is 0 Å². The van der Waals surface area contributed by atoms with E-state index in [0.717, 1.165) is 31.4 Å². The van der Waals surface area contributed by atoms with Crippen molar-refractivity contribution in [1.29, 1.82) is 0 Å². The van der Waals surface area contributed by atoms with Gasteiger partial charge in [-0.25, -0.2) is 4.79 Å². The summed E-state index contributed by atoms with van der Waals surface area (Å²) in [7, 11) is 0. The smallest absolute Gasteiger partial charge is 0.341 e. The Hall–Kier alpha value is -1.40. The standard InChI is InChI=1S/C18H28N2O3S/c1-5-23-18(22)16-13-7-6-12(4)8-14(13)24-17(16)20-15(21)10-19-9-11(2)3/h11-12,19H,5-10H2,1-4H3,(H,20,21)/p+1/t12-/m0/s1. The molecule has 24 heavy (non-hydrogen) atoms. The predicted molar refractivity (Wildman–Crippen MR) is 96.6 cm³/mol. The van der Waals surface area contributed by atoms with Crippen LogP contribution in [0.15, 0.2) is 0 Å². The highest BCUT2D eigenvalue weighted by Gasteiger charge is 2.29. The number of esters is 1. The lowest BCUT2D eigenvalue weighted by Gasteiger charge is -2.18. The van der Waals surface area contributed by atoms with Crippen LogP contribution in [0, 0.1) is 11.8 Å². The van der Waals surface area contributed by atoms with Gasteiger partial charge < -0.3 is 15.4 Å². The van der Waals surface area contributed by atoms with Crippen LogP contribution in [0.3, 0.4) is 0 Å². The van der Waals surface area contributed by atoms with Gasteiger partial charge in [0.1, 0.15) is 5.00 Å². The Kier molecular flexibility index (Phi) is 6.80. The van der Waals surface area contributed by atoms with Crippen molar-refractivity contribution < 1.29 is 19.6 Å². The maximum atomic E-state index is 12.4. The summed E-state index contributed by atoms with van der Waals surface area (Å²) >= 11 is 1.54. The number of carbonyl (C=O) groups is 2. The average molecular weight is 354 g/mol. The summed E-state index contributed by atoms with van der Waals surface area (Å²) < 4.78 is 5.22.